The summed E-state index contributed by atoms with van der Waals surface area (Å²) in [4.78, 5) is 24.0. The Morgan fingerprint density at radius 3 is 2.73 bits per heavy atom. The van der Waals surface area contributed by atoms with Gasteiger partial charge in [0, 0.05) is 13.6 Å². The van der Waals surface area contributed by atoms with Crippen LogP contribution in [0.2, 0.25) is 0 Å². The van der Waals surface area contributed by atoms with Crippen LogP contribution in [-0.4, -0.2) is 36.6 Å². The van der Waals surface area contributed by atoms with Crippen LogP contribution in [0.5, 0.6) is 0 Å². The van der Waals surface area contributed by atoms with Gasteiger partial charge in [-0.25, -0.2) is 14.8 Å². The minimum Gasteiger partial charge on any atom is -0.465 e. The average molecular weight is 318 g/mol. The van der Waals surface area contributed by atoms with Gasteiger partial charge in [0.2, 0.25) is 0 Å². The number of ether oxygens (including phenoxy) is 1. The van der Waals surface area contributed by atoms with Crippen molar-refractivity contribution in [1.82, 2.24) is 9.97 Å². The van der Waals surface area contributed by atoms with Crippen molar-refractivity contribution < 1.29 is 9.53 Å². The quantitative estimate of drug-likeness (QED) is 0.806. The highest BCUT2D eigenvalue weighted by Crippen LogP contribution is 2.35. The fourth-order valence-corrected chi connectivity index (χ4v) is 3.46. The monoisotopic (exact) mass is 318 g/mol. The molecule has 0 fully saturated rings. The molecule has 0 aliphatic rings. The molecule has 6 nitrogen and oxygen atoms in total. The van der Waals surface area contributed by atoms with Gasteiger partial charge in [0.25, 0.3) is 0 Å². The van der Waals surface area contributed by atoms with Gasteiger partial charge in [0.1, 0.15) is 21.3 Å². The summed E-state index contributed by atoms with van der Waals surface area (Å²) in [5, 5.41) is 9.84. The third-order valence-electron chi connectivity index (χ3n) is 3.38. The van der Waals surface area contributed by atoms with E-state index in [1.807, 2.05) is 32.7 Å². The molecular formula is C15H18N4O2S. The van der Waals surface area contributed by atoms with Crippen LogP contribution in [0.15, 0.2) is 0 Å². The van der Waals surface area contributed by atoms with E-state index in [4.69, 9.17) is 10.00 Å². The molecule has 2 aromatic rings. The zero-order chi connectivity index (χ0) is 16.4. The van der Waals surface area contributed by atoms with E-state index in [9.17, 15) is 4.79 Å². The first-order chi connectivity index (χ1) is 10.4. The van der Waals surface area contributed by atoms with Gasteiger partial charge in [-0.05, 0) is 26.3 Å². The number of aromatic nitrogens is 2. The highest BCUT2D eigenvalue weighted by Gasteiger charge is 2.22. The Morgan fingerprint density at radius 2 is 2.14 bits per heavy atom. The normalized spacial score (nSPS) is 12.0. The highest BCUT2D eigenvalue weighted by molar-refractivity contribution is 7.20. The number of nitrogens with zero attached hydrogens (tertiary/aromatic N) is 4. The van der Waals surface area contributed by atoms with Gasteiger partial charge < -0.3 is 9.64 Å². The summed E-state index contributed by atoms with van der Waals surface area (Å²) in [6, 6.07) is 2.22. The Kier molecular flexibility index (Phi) is 4.62. The zero-order valence-corrected chi connectivity index (χ0v) is 14.1. The standard InChI is InChI=1S/C15H18N4O2S/c1-8(6-16)7-19(4)13-11-9(2)12(15(20)21-5)22-14(11)18-10(3)17-13/h8H,7H2,1-5H3. The van der Waals surface area contributed by atoms with Gasteiger partial charge in [-0.3, -0.25) is 0 Å². The van der Waals surface area contributed by atoms with Crippen molar-refractivity contribution in [2.24, 2.45) is 5.92 Å². The molecule has 0 radical (unpaired) electrons. The first-order valence-electron chi connectivity index (χ1n) is 6.85. The Hall–Kier alpha value is -2.20. The van der Waals surface area contributed by atoms with E-state index in [0.29, 0.717) is 17.2 Å². The van der Waals surface area contributed by atoms with Crippen LogP contribution in [0.4, 0.5) is 5.82 Å². The van der Waals surface area contributed by atoms with Gasteiger partial charge in [-0.15, -0.1) is 11.3 Å². The number of carbonyl (C=O) groups excluding carboxylic acids is 1. The first-order valence-corrected chi connectivity index (χ1v) is 7.67. The SMILES string of the molecule is COC(=O)c1sc2nc(C)nc(N(C)CC(C)C#N)c2c1C. The summed E-state index contributed by atoms with van der Waals surface area (Å²) < 4.78 is 4.83. The number of methoxy groups -OCH3 is 1. The van der Waals surface area contributed by atoms with Crippen LogP contribution in [0, 0.1) is 31.1 Å². The van der Waals surface area contributed by atoms with Crippen molar-refractivity contribution in [2.75, 3.05) is 25.6 Å². The zero-order valence-electron chi connectivity index (χ0n) is 13.3. The fourth-order valence-electron chi connectivity index (χ4n) is 2.32. The lowest BCUT2D eigenvalue weighted by Crippen LogP contribution is -2.24. The van der Waals surface area contributed by atoms with Crippen LogP contribution < -0.4 is 4.90 Å². The van der Waals surface area contributed by atoms with E-state index in [0.717, 1.165) is 21.6 Å². The second-order valence-corrected chi connectivity index (χ2v) is 6.23. The molecule has 0 spiro atoms. The molecule has 0 aliphatic heterocycles. The first kappa shape index (κ1) is 16.2. The van der Waals surface area contributed by atoms with E-state index in [1.165, 1.54) is 18.4 Å². The van der Waals surface area contributed by atoms with Gasteiger partial charge in [0.15, 0.2) is 0 Å². The number of carbonyl (C=O) groups is 1. The third-order valence-corrected chi connectivity index (χ3v) is 4.55. The molecule has 0 aliphatic carbocycles. The maximum absolute atomic E-state index is 11.9. The lowest BCUT2D eigenvalue weighted by molar-refractivity contribution is 0.0605. The number of esters is 1. The molecule has 116 valence electrons. The van der Waals surface area contributed by atoms with Crippen molar-refractivity contribution in [3.05, 3.63) is 16.3 Å². The number of thiophene rings is 1. The van der Waals surface area contributed by atoms with E-state index >= 15 is 0 Å². The predicted octanol–water partition coefficient (Wildman–Crippen LogP) is 2.69. The van der Waals surface area contributed by atoms with Crippen molar-refractivity contribution in [2.45, 2.75) is 20.8 Å². The largest absolute Gasteiger partial charge is 0.465 e. The summed E-state index contributed by atoms with van der Waals surface area (Å²) in [5.41, 5.74) is 0.818. The molecular weight excluding hydrogens is 300 g/mol. The van der Waals surface area contributed by atoms with Crippen molar-refractivity contribution in [1.29, 1.82) is 5.26 Å². The molecule has 0 bridgehead atoms. The summed E-state index contributed by atoms with van der Waals surface area (Å²) in [6.07, 6.45) is 0. The van der Waals surface area contributed by atoms with Crippen LogP contribution in [-0.2, 0) is 4.74 Å². The molecule has 2 rings (SSSR count). The van der Waals surface area contributed by atoms with Crippen molar-refractivity contribution >= 4 is 33.3 Å². The maximum Gasteiger partial charge on any atom is 0.348 e. The molecule has 1 unspecified atom stereocenters. The van der Waals surface area contributed by atoms with Crippen molar-refractivity contribution in [3.63, 3.8) is 0 Å². The van der Waals surface area contributed by atoms with E-state index in [1.54, 1.807) is 0 Å². The molecule has 1 atom stereocenters. The summed E-state index contributed by atoms with van der Waals surface area (Å²) in [5.74, 6) is 0.900. The Balaban J connectivity index is 2.61. The van der Waals surface area contributed by atoms with Crippen LogP contribution in [0.3, 0.4) is 0 Å². The molecule has 22 heavy (non-hydrogen) atoms. The number of aryl methyl sites for hydroxylation is 2. The molecule has 2 aromatic heterocycles. The van der Waals surface area contributed by atoms with Gasteiger partial charge in [0.05, 0.1) is 24.5 Å². The maximum atomic E-state index is 11.9. The number of nitriles is 1. The lowest BCUT2D eigenvalue weighted by Gasteiger charge is -2.20. The van der Waals surface area contributed by atoms with Crippen LogP contribution in [0.25, 0.3) is 10.2 Å². The van der Waals surface area contributed by atoms with Gasteiger partial charge in [-0.1, -0.05) is 0 Å². The van der Waals surface area contributed by atoms with Crippen LogP contribution >= 0.6 is 11.3 Å². The number of hydrogen-bond acceptors (Lipinski definition) is 7. The molecule has 0 amide bonds. The molecule has 0 aromatic carbocycles. The number of fused-ring (bicyclic) bond motifs is 1. The second-order valence-electron chi connectivity index (χ2n) is 5.23. The highest BCUT2D eigenvalue weighted by atomic mass is 32.1. The minimum absolute atomic E-state index is 0.116. The van der Waals surface area contributed by atoms with Gasteiger partial charge >= 0.3 is 5.97 Å². The molecule has 0 saturated heterocycles. The Bertz CT molecular complexity index is 763. The molecule has 7 heteroatoms. The second kappa shape index (κ2) is 6.28. The van der Waals surface area contributed by atoms with E-state index in [2.05, 4.69) is 16.0 Å². The molecule has 0 N–H and O–H groups in total. The van der Waals surface area contributed by atoms with Gasteiger partial charge in [-0.2, -0.15) is 5.26 Å². The number of rotatable bonds is 4. The van der Waals surface area contributed by atoms with Crippen LogP contribution in [0.1, 0.15) is 28.0 Å². The summed E-state index contributed by atoms with van der Waals surface area (Å²) >= 11 is 1.31. The fraction of sp³-hybridized carbons (Fsp3) is 0.467. The third kappa shape index (κ3) is 2.88. The predicted molar refractivity (Wildman–Crippen MR) is 86.3 cm³/mol. The summed E-state index contributed by atoms with van der Waals surface area (Å²) in [7, 11) is 3.26. The minimum atomic E-state index is -0.364. The lowest BCUT2D eigenvalue weighted by atomic mass is 10.1. The number of hydrogen-bond donors (Lipinski definition) is 0. The Labute approximate surface area is 133 Å². The topological polar surface area (TPSA) is 79.1 Å². The average Bonchev–Trinajstić information content (AvgIpc) is 2.82. The van der Waals surface area contributed by atoms with E-state index < -0.39 is 0 Å². The molecule has 2 heterocycles. The smallest absolute Gasteiger partial charge is 0.348 e. The summed E-state index contributed by atoms with van der Waals surface area (Å²) in [6.45, 7) is 6.11. The molecule has 0 saturated carbocycles. The van der Waals surface area contributed by atoms with E-state index in [-0.39, 0.29) is 11.9 Å². The number of anilines is 1. The Morgan fingerprint density at radius 1 is 1.45 bits per heavy atom. The van der Waals surface area contributed by atoms with Crippen molar-refractivity contribution in [3.8, 4) is 6.07 Å².